The van der Waals surface area contributed by atoms with Gasteiger partial charge in [0.1, 0.15) is 12.1 Å². The number of likely N-dealkylation sites (N-methyl/N-ethyl adjacent to an activating group) is 2. The van der Waals surface area contributed by atoms with Crippen LogP contribution in [0.1, 0.15) is 113 Å². The second-order valence-electron chi connectivity index (χ2n) is 16.7. The monoisotopic (exact) mass is 907 g/mol. The van der Waals surface area contributed by atoms with Crippen molar-refractivity contribution in [3.8, 4) is 0 Å². The molecule has 1 aromatic rings. The number of hydrogen-bond acceptors (Lipinski definition) is 10. The molecule has 1 aliphatic rings. The molecule has 63 heavy (non-hydrogen) atoms. The van der Waals surface area contributed by atoms with Gasteiger partial charge in [-0.1, -0.05) is 89.4 Å². The van der Waals surface area contributed by atoms with Crippen molar-refractivity contribution in [3.05, 3.63) is 58.1 Å². The highest BCUT2D eigenvalue weighted by molar-refractivity contribution is 6.30. The number of primary amides is 1. The number of amides is 5. The summed E-state index contributed by atoms with van der Waals surface area (Å²) in [5, 5.41) is 6.38. The molecule has 16 heteroatoms. The quantitative estimate of drug-likeness (QED) is 0.110. The molecule has 0 saturated carbocycles. The van der Waals surface area contributed by atoms with Crippen LogP contribution in [0.5, 0.6) is 0 Å². The van der Waals surface area contributed by atoms with Crippen molar-refractivity contribution in [2.75, 3.05) is 40.3 Å². The number of carbonyl (C=O) groups is 7. The highest BCUT2D eigenvalue weighted by Gasteiger charge is 2.34. The standard InChI is InChI=1S/C35H59N5O8.C7H7Cl.C4H10.CH3NO/c1-10-22(3)31-26(7)35(46)48-32(23(4)11-2)24(5)15-14-16-25(6)34(45)47-21-29(42)37-27(17-12-13-18-36)33(44)40(9)20-30(43)39(8)19-28(41)38-31;1-6-2-4-7(8)5-3-6;1-4(2)3;2-1-3/h11,16,22,24,26-27,31-32H,10,12-15,17-21,36H2,1-9H3,(H,37,42)(H,38,41);2-5H,1H3;4H,1-3H3;1H,(H2,2,3)/b23-11+,25-16+;;;/t22?,24?,26-,27?,31?,32+;;;/m0.../s1. The number of ether oxygens (including phenoxy) is 2. The molecule has 6 atom stereocenters. The van der Waals surface area contributed by atoms with Gasteiger partial charge >= 0.3 is 11.9 Å². The van der Waals surface area contributed by atoms with Crippen molar-refractivity contribution < 1.29 is 43.0 Å². The SMILES string of the molecule is C/C=C(\C)[C@H]1OC(=O)[C@@H](C)C(C(C)CC)NC(=O)CN(C)C(=O)CN(C)C(=O)C(CCCCN)NC(=O)COC(=O)/C(C)=C/CCC1C.CC(C)C.Cc1ccc(Cl)cc1.NC=O. The number of cyclic esters (lactones) is 2. The summed E-state index contributed by atoms with van der Waals surface area (Å²) in [5.74, 6) is -3.24. The maximum atomic E-state index is 13.5. The lowest BCUT2D eigenvalue weighted by Gasteiger charge is -2.32. The first kappa shape index (κ1) is 60.3. The molecule has 15 nitrogen and oxygen atoms in total. The van der Waals surface area contributed by atoms with E-state index in [1.54, 1.807) is 19.9 Å². The second-order valence-corrected chi connectivity index (χ2v) is 17.1. The highest BCUT2D eigenvalue weighted by Crippen LogP contribution is 2.25. The fourth-order valence-electron chi connectivity index (χ4n) is 5.98. The number of aryl methyl sites for hydroxylation is 1. The Morgan fingerprint density at radius 3 is 2.02 bits per heavy atom. The fourth-order valence-corrected chi connectivity index (χ4v) is 6.11. The van der Waals surface area contributed by atoms with Crippen LogP contribution in [0.4, 0.5) is 0 Å². The summed E-state index contributed by atoms with van der Waals surface area (Å²) in [6.45, 7) is 20.7. The first-order valence-corrected chi connectivity index (χ1v) is 22.2. The van der Waals surface area contributed by atoms with E-state index >= 15 is 0 Å². The van der Waals surface area contributed by atoms with E-state index in [1.165, 1.54) is 29.5 Å². The number of carbonyl (C=O) groups excluding carboxylic acids is 7. The maximum absolute atomic E-state index is 13.5. The van der Waals surface area contributed by atoms with Gasteiger partial charge in [-0.15, -0.1) is 0 Å². The van der Waals surface area contributed by atoms with Crippen LogP contribution in [-0.4, -0.2) is 110 Å². The molecule has 2 rings (SSSR count). The Hall–Kier alpha value is -4.76. The number of hydrogen-bond donors (Lipinski definition) is 4. The van der Waals surface area contributed by atoms with Crippen LogP contribution in [0, 0.1) is 30.6 Å². The van der Waals surface area contributed by atoms with Gasteiger partial charge in [0.15, 0.2) is 6.61 Å². The molecule has 0 radical (unpaired) electrons. The molecule has 0 saturated heterocycles. The van der Waals surface area contributed by atoms with Gasteiger partial charge in [0.05, 0.1) is 19.0 Å². The number of halogens is 1. The molecule has 6 N–H and O–H groups in total. The lowest BCUT2D eigenvalue weighted by Crippen LogP contribution is -2.52. The van der Waals surface area contributed by atoms with Crippen molar-refractivity contribution in [1.29, 1.82) is 0 Å². The molecule has 0 aliphatic carbocycles. The van der Waals surface area contributed by atoms with Gasteiger partial charge in [-0.3, -0.25) is 28.8 Å². The summed E-state index contributed by atoms with van der Waals surface area (Å²) >= 11 is 5.61. The van der Waals surface area contributed by atoms with E-state index in [-0.39, 0.29) is 37.8 Å². The minimum atomic E-state index is -0.969. The Morgan fingerprint density at radius 2 is 1.51 bits per heavy atom. The molecule has 0 spiro atoms. The molecule has 4 unspecified atom stereocenters. The van der Waals surface area contributed by atoms with E-state index in [9.17, 15) is 28.8 Å². The van der Waals surface area contributed by atoms with Gasteiger partial charge < -0.3 is 41.4 Å². The third-order valence-electron chi connectivity index (χ3n) is 10.0. The Labute approximate surface area is 382 Å². The van der Waals surface area contributed by atoms with E-state index in [1.807, 2.05) is 71.9 Å². The summed E-state index contributed by atoms with van der Waals surface area (Å²) in [7, 11) is 2.89. The summed E-state index contributed by atoms with van der Waals surface area (Å²) in [4.78, 5) is 89.5. The lowest BCUT2D eigenvalue weighted by atomic mass is 9.88. The number of esters is 2. The highest BCUT2D eigenvalue weighted by atomic mass is 35.5. The van der Waals surface area contributed by atoms with Gasteiger partial charge in [-0.25, -0.2) is 4.79 Å². The van der Waals surface area contributed by atoms with Crippen molar-refractivity contribution in [3.63, 3.8) is 0 Å². The number of nitrogens with zero attached hydrogens (tertiary/aromatic N) is 2. The number of unbranched alkanes of at least 4 members (excludes halogenated alkanes) is 1. The Morgan fingerprint density at radius 1 is 0.937 bits per heavy atom. The third kappa shape index (κ3) is 26.5. The first-order valence-electron chi connectivity index (χ1n) is 21.8. The molecule has 358 valence electrons. The minimum Gasteiger partial charge on any atom is -0.457 e. The van der Waals surface area contributed by atoms with Crippen molar-refractivity contribution >= 4 is 53.6 Å². The van der Waals surface area contributed by atoms with Crippen LogP contribution < -0.4 is 22.1 Å². The molecule has 1 heterocycles. The lowest BCUT2D eigenvalue weighted by molar-refractivity contribution is -0.156. The number of benzene rings is 1. The van der Waals surface area contributed by atoms with Gasteiger partial charge in [0, 0.05) is 30.7 Å². The average molecular weight is 908 g/mol. The van der Waals surface area contributed by atoms with Crippen LogP contribution in [0.2, 0.25) is 5.02 Å². The molecular formula is C47H79ClN6O9. The molecular weight excluding hydrogens is 828 g/mol. The van der Waals surface area contributed by atoms with E-state index in [2.05, 4.69) is 37.1 Å². The van der Waals surface area contributed by atoms with E-state index in [4.69, 9.17) is 31.6 Å². The topological polar surface area (TPSA) is 221 Å². The Bertz CT molecular complexity index is 1590. The Balaban J connectivity index is 0. The number of allylic oxidation sites excluding steroid dienone is 2. The van der Waals surface area contributed by atoms with Gasteiger partial charge in [0.2, 0.25) is 24.1 Å². The van der Waals surface area contributed by atoms with Gasteiger partial charge in [-0.2, -0.15) is 0 Å². The zero-order valence-electron chi connectivity index (χ0n) is 40.3. The smallest absolute Gasteiger partial charge is 0.333 e. The average Bonchev–Trinajstić information content (AvgIpc) is 3.23. The largest absolute Gasteiger partial charge is 0.457 e. The summed E-state index contributed by atoms with van der Waals surface area (Å²) < 4.78 is 11.3. The minimum absolute atomic E-state index is 0.0715. The third-order valence-corrected chi connectivity index (χ3v) is 10.3. The molecule has 1 aromatic carbocycles. The second kappa shape index (κ2) is 33.8. The predicted molar refractivity (Wildman–Crippen MR) is 250 cm³/mol. The summed E-state index contributed by atoms with van der Waals surface area (Å²) in [6.07, 6.45) is 6.57. The maximum Gasteiger partial charge on any atom is 0.333 e. The van der Waals surface area contributed by atoms with Gasteiger partial charge in [0.25, 0.3) is 5.91 Å². The molecule has 1 aliphatic heterocycles. The predicted octanol–water partition coefficient (Wildman–Crippen LogP) is 5.89. The Kier molecular flexibility index (Phi) is 32.3. The zero-order chi connectivity index (χ0) is 48.8. The fraction of sp³-hybridized carbons (Fsp3) is 0.638. The molecule has 0 bridgehead atoms. The van der Waals surface area contributed by atoms with Crippen LogP contribution in [0.3, 0.4) is 0 Å². The molecule has 5 amide bonds. The number of nitrogens with two attached hydrogens (primary N) is 2. The normalized spacial score (nSPS) is 23.0. The summed E-state index contributed by atoms with van der Waals surface area (Å²) in [5.41, 5.74) is 12.2. The van der Waals surface area contributed by atoms with Crippen LogP contribution in [0.25, 0.3) is 0 Å². The van der Waals surface area contributed by atoms with Crippen molar-refractivity contribution in [2.45, 2.75) is 133 Å². The number of nitrogens with one attached hydrogen (secondary N) is 2. The van der Waals surface area contributed by atoms with Gasteiger partial charge in [-0.05, 0) is 109 Å². The van der Waals surface area contributed by atoms with Crippen LogP contribution in [-0.2, 0) is 43.0 Å². The molecule has 0 fully saturated rings. The summed E-state index contributed by atoms with van der Waals surface area (Å²) in [6, 6.07) is 6.23. The van der Waals surface area contributed by atoms with Crippen molar-refractivity contribution in [2.24, 2.45) is 35.1 Å². The molecule has 0 aromatic heterocycles. The first-order chi connectivity index (χ1) is 29.5. The van der Waals surface area contributed by atoms with E-state index < -0.39 is 66.3 Å². The van der Waals surface area contributed by atoms with E-state index in [0.29, 0.717) is 44.2 Å². The number of rotatable bonds is 7. The van der Waals surface area contributed by atoms with Crippen molar-refractivity contribution in [1.82, 2.24) is 20.4 Å². The zero-order valence-corrected chi connectivity index (χ0v) is 41.0. The van der Waals surface area contributed by atoms with Crippen LogP contribution in [0.15, 0.2) is 47.6 Å². The van der Waals surface area contributed by atoms with E-state index in [0.717, 1.165) is 16.5 Å². The van der Waals surface area contributed by atoms with Crippen LogP contribution >= 0.6 is 11.6 Å².